The standard InChI is InChI=1S/C14H17FN4O2/c15-6-12-8-19(9-13(12)7-17-18-16)14(20)21-10-11-4-2-1-3-5-11/h1-5,12-13H,6-10H2/t12-,13-/m1/s1. The number of benzene rings is 1. The molecule has 6 nitrogen and oxygen atoms in total. The first-order chi connectivity index (χ1) is 10.2. The number of halogens is 1. The summed E-state index contributed by atoms with van der Waals surface area (Å²) in [5.41, 5.74) is 9.23. The SMILES string of the molecule is [N-]=[N+]=NC[C@@H]1CN(C(=O)OCc2ccccc2)C[C@H]1CF. The summed E-state index contributed by atoms with van der Waals surface area (Å²) in [5, 5.41) is 3.47. The van der Waals surface area contributed by atoms with Gasteiger partial charge >= 0.3 is 6.09 Å². The lowest BCUT2D eigenvalue weighted by Gasteiger charge is -2.16. The van der Waals surface area contributed by atoms with Gasteiger partial charge in [-0.05, 0) is 17.0 Å². The summed E-state index contributed by atoms with van der Waals surface area (Å²) in [5.74, 6) is -0.435. The van der Waals surface area contributed by atoms with E-state index in [1.165, 1.54) is 4.90 Å². The molecule has 1 aliphatic rings. The molecule has 0 unspecified atom stereocenters. The van der Waals surface area contributed by atoms with Crippen molar-refractivity contribution in [3.05, 3.63) is 46.3 Å². The van der Waals surface area contributed by atoms with Crippen molar-refractivity contribution in [3.8, 4) is 0 Å². The van der Waals surface area contributed by atoms with Gasteiger partial charge in [-0.3, -0.25) is 4.39 Å². The zero-order valence-electron chi connectivity index (χ0n) is 11.6. The van der Waals surface area contributed by atoms with E-state index in [4.69, 9.17) is 10.3 Å². The van der Waals surface area contributed by atoms with Crippen molar-refractivity contribution in [2.24, 2.45) is 17.0 Å². The van der Waals surface area contributed by atoms with Crippen LogP contribution in [-0.2, 0) is 11.3 Å². The lowest BCUT2D eigenvalue weighted by atomic mass is 9.98. The van der Waals surface area contributed by atoms with Gasteiger partial charge in [0, 0.05) is 30.5 Å². The summed E-state index contributed by atoms with van der Waals surface area (Å²) in [7, 11) is 0. The third-order valence-electron chi connectivity index (χ3n) is 3.62. The molecule has 112 valence electrons. The van der Waals surface area contributed by atoms with E-state index in [2.05, 4.69) is 10.0 Å². The molecule has 2 atom stereocenters. The Morgan fingerprint density at radius 2 is 2.10 bits per heavy atom. The fourth-order valence-electron chi connectivity index (χ4n) is 2.42. The highest BCUT2D eigenvalue weighted by atomic mass is 19.1. The molecule has 0 radical (unpaired) electrons. The number of azide groups is 1. The van der Waals surface area contributed by atoms with Gasteiger partial charge in [-0.2, -0.15) is 0 Å². The van der Waals surface area contributed by atoms with Gasteiger partial charge < -0.3 is 9.64 Å². The largest absolute Gasteiger partial charge is 0.445 e. The number of ether oxygens (including phenoxy) is 1. The minimum atomic E-state index is -0.534. The Labute approximate surface area is 122 Å². The average Bonchev–Trinajstić information content (AvgIpc) is 2.95. The summed E-state index contributed by atoms with van der Waals surface area (Å²) in [6.45, 7) is 0.524. The number of rotatable bonds is 5. The van der Waals surface area contributed by atoms with Crippen LogP contribution in [-0.4, -0.2) is 37.3 Å². The predicted molar refractivity (Wildman–Crippen MR) is 75.2 cm³/mol. The van der Waals surface area contributed by atoms with Crippen molar-refractivity contribution >= 4 is 6.09 Å². The van der Waals surface area contributed by atoms with Crippen LogP contribution in [0.2, 0.25) is 0 Å². The molecule has 0 spiro atoms. The molecular formula is C14H17FN4O2. The van der Waals surface area contributed by atoms with Crippen molar-refractivity contribution in [3.63, 3.8) is 0 Å². The van der Waals surface area contributed by atoms with Gasteiger partial charge in [0.05, 0.1) is 6.67 Å². The Hall–Kier alpha value is -2.27. The van der Waals surface area contributed by atoms with Crippen LogP contribution in [0.3, 0.4) is 0 Å². The highest BCUT2D eigenvalue weighted by Crippen LogP contribution is 2.25. The second kappa shape index (κ2) is 7.50. The van der Waals surface area contributed by atoms with Crippen molar-refractivity contribution < 1.29 is 13.9 Å². The summed E-state index contributed by atoms with van der Waals surface area (Å²) < 4.78 is 18.2. The molecule has 1 fully saturated rings. The normalized spacial score (nSPS) is 20.9. The van der Waals surface area contributed by atoms with Crippen molar-refractivity contribution in [2.75, 3.05) is 26.3 Å². The molecular weight excluding hydrogens is 275 g/mol. The lowest BCUT2D eigenvalue weighted by molar-refractivity contribution is 0.102. The first kappa shape index (κ1) is 15.1. The van der Waals surface area contributed by atoms with E-state index in [1.54, 1.807) is 0 Å². The average molecular weight is 292 g/mol. The monoisotopic (exact) mass is 292 g/mol. The third-order valence-corrected chi connectivity index (χ3v) is 3.62. The van der Waals surface area contributed by atoms with Crippen LogP contribution in [0.15, 0.2) is 35.4 Å². The fourth-order valence-corrected chi connectivity index (χ4v) is 2.42. The molecule has 0 bridgehead atoms. The van der Waals surface area contributed by atoms with Gasteiger partial charge in [0.15, 0.2) is 0 Å². The van der Waals surface area contributed by atoms with Gasteiger partial charge in [0.2, 0.25) is 0 Å². The number of carbonyl (C=O) groups excluding carboxylic acids is 1. The van der Waals surface area contributed by atoms with Crippen LogP contribution in [0, 0.1) is 11.8 Å². The first-order valence-electron chi connectivity index (χ1n) is 6.77. The minimum Gasteiger partial charge on any atom is -0.445 e. The topological polar surface area (TPSA) is 78.3 Å². The maximum Gasteiger partial charge on any atom is 0.410 e. The molecule has 0 saturated carbocycles. The van der Waals surface area contributed by atoms with E-state index >= 15 is 0 Å². The summed E-state index contributed by atoms with van der Waals surface area (Å²) >= 11 is 0. The number of alkyl halides is 1. The Bertz CT molecular complexity index is 519. The zero-order valence-corrected chi connectivity index (χ0v) is 11.6. The minimum absolute atomic E-state index is 0.143. The van der Waals surface area contributed by atoms with Crippen LogP contribution >= 0.6 is 0 Å². The van der Waals surface area contributed by atoms with E-state index in [0.717, 1.165) is 5.56 Å². The fraction of sp³-hybridized carbons (Fsp3) is 0.500. The molecule has 1 amide bonds. The van der Waals surface area contributed by atoms with Gasteiger partial charge in [-0.25, -0.2) is 4.79 Å². The highest BCUT2D eigenvalue weighted by molar-refractivity contribution is 5.68. The number of likely N-dealkylation sites (tertiary alicyclic amines) is 1. The number of hydrogen-bond donors (Lipinski definition) is 0. The number of carbonyl (C=O) groups is 1. The molecule has 1 heterocycles. The molecule has 0 aromatic heterocycles. The maximum absolute atomic E-state index is 12.9. The first-order valence-corrected chi connectivity index (χ1v) is 6.77. The Balaban J connectivity index is 1.87. The molecule has 7 heteroatoms. The third kappa shape index (κ3) is 4.10. The van der Waals surface area contributed by atoms with Crippen molar-refractivity contribution in [1.29, 1.82) is 0 Å². The van der Waals surface area contributed by atoms with E-state index in [0.29, 0.717) is 13.1 Å². The van der Waals surface area contributed by atoms with E-state index in [1.807, 2.05) is 30.3 Å². The van der Waals surface area contributed by atoms with E-state index in [-0.39, 0.29) is 25.0 Å². The molecule has 1 aliphatic heterocycles. The Morgan fingerprint density at radius 1 is 1.38 bits per heavy atom. The lowest BCUT2D eigenvalue weighted by Crippen LogP contribution is -2.29. The van der Waals surface area contributed by atoms with Crippen LogP contribution in [0.4, 0.5) is 9.18 Å². The van der Waals surface area contributed by atoms with Gasteiger partial charge in [0.25, 0.3) is 0 Å². The van der Waals surface area contributed by atoms with Crippen LogP contribution in [0.5, 0.6) is 0 Å². The molecule has 1 aromatic carbocycles. The van der Waals surface area contributed by atoms with Crippen LogP contribution in [0.1, 0.15) is 5.56 Å². The van der Waals surface area contributed by atoms with Gasteiger partial charge in [0.1, 0.15) is 6.61 Å². The summed E-state index contributed by atoms with van der Waals surface area (Å²) in [6.07, 6.45) is -0.458. The van der Waals surface area contributed by atoms with Gasteiger partial charge in [-0.15, -0.1) is 0 Å². The zero-order chi connectivity index (χ0) is 15.1. The predicted octanol–water partition coefficient (Wildman–Crippen LogP) is 3.15. The Morgan fingerprint density at radius 3 is 2.76 bits per heavy atom. The van der Waals surface area contributed by atoms with Crippen LogP contribution < -0.4 is 0 Å². The molecule has 1 saturated heterocycles. The van der Waals surface area contributed by atoms with E-state index < -0.39 is 12.8 Å². The smallest absolute Gasteiger partial charge is 0.410 e. The summed E-state index contributed by atoms with van der Waals surface area (Å²) in [4.78, 5) is 16.1. The van der Waals surface area contributed by atoms with Gasteiger partial charge in [-0.1, -0.05) is 35.4 Å². The number of nitrogens with zero attached hydrogens (tertiary/aromatic N) is 4. The van der Waals surface area contributed by atoms with E-state index in [9.17, 15) is 9.18 Å². The molecule has 0 aliphatic carbocycles. The second-order valence-corrected chi connectivity index (χ2v) is 5.03. The highest BCUT2D eigenvalue weighted by Gasteiger charge is 2.35. The Kier molecular flexibility index (Phi) is 5.40. The molecule has 21 heavy (non-hydrogen) atoms. The quantitative estimate of drug-likeness (QED) is 0.474. The maximum atomic E-state index is 12.9. The second-order valence-electron chi connectivity index (χ2n) is 5.03. The summed E-state index contributed by atoms with van der Waals surface area (Å²) in [6, 6.07) is 9.36. The van der Waals surface area contributed by atoms with Crippen LogP contribution in [0.25, 0.3) is 10.4 Å². The van der Waals surface area contributed by atoms with Crippen molar-refractivity contribution in [1.82, 2.24) is 4.90 Å². The molecule has 1 aromatic rings. The number of amides is 1. The van der Waals surface area contributed by atoms with Crippen molar-refractivity contribution in [2.45, 2.75) is 6.61 Å². The molecule has 0 N–H and O–H groups in total. The molecule has 2 rings (SSSR count). The number of hydrogen-bond acceptors (Lipinski definition) is 3.